The van der Waals surface area contributed by atoms with Crippen LogP contribution in [0.1, 0.15) is 77.3 Å². The number of unbranched alkanes of at least 4 members (excludes halogenated alkanes) is 1. The summed E-state index contributed by atoms with van der Waals surface area (Å²) in [7, 11) is 0. The number of aliphatic hydroxyl groups is 1. The fourth-order valence-corrected chi connectivity index (χ4v) is 6.98. The van der Waals surface area contributed by atoms with Gasteiger partial charge in [0, 0.05) is 36.4 Å². The van der Waals surface area contributed by atoms with E-state index in [1.807, 2.05) is 18.2 Å². The summed E-state index contributed by atoms with van der Waals surface area (Å²) in [6.45, 7) is 6.27. The zero-order valence-corrected chi connectivity index (χ0v) is 37.3. The number of amides is 6. The molecule has 3 aromatic rings. The molecule has 3 rings (SSSR count). The fourth-order valence-electron chi connectivity index (χ4n) is 6.98. The summed E-state index contributed by atoms with van der Waals surface area (Å²) in [6, 6.07) is 6.70. The van der Waals surface area contributed by atoms with E-state index < -0.39 is 121 Å². The van der Waals surface area contributed by atoms with Crippen LogP contribution >= 0.6 is 0 Å². The van der Waals surface area contributed by atoms with Crippen LogP contribution in [-0.2, 0) is 51.2 Å². The van der Waals surface area contributed by atoms with Crippen LogP contribution < -0.4 is 43.4 Å². The number of nitrogens with one attached hydrogen (secondary N) is 7. The zero-order valence-electron chi connectivity index (χ0n) is 37.3. The summed E-state index contributed by atoms with van der Waals surface area (Å²) in [5, 5.41) is 45.1. The number of para-hydroxylation sites is 1. The molecule has 0 aliphatic heterocycles. The van der Waals surface area contributed by atoms with Crippen LogP contribution in [0.25, 0.3) is 10.9 Å². The first kappa shape index (κ1) is 53.0. The first-order chi connectivity index (χ1) is 30.9. The highest BCUT2D eigenvalue weighted by Crippen LogP contribution is 2.20. The minimum atomic E-state index is -1.49. The van der Waals surface area contributed by atoms with Crippen LogP contribution in [0.2, 0.25) is 0 Å². The molecule has 0 aliphatic rings. The summed E-state index contributed by atoms with van der Waals surface area (Å²) in [4.78, 5) is 110. The number of aromatic nitrogens is 1. The third-order valence-corrected chi connectivity index (χ3v) is 11.1. The van der Waals surface area contributed by atoms with E-state index in [9.17, 15) is 53.7 Å². The molecule has 20 heteroatoms. The van der Waals surface area contributed by atoms with E-state index in [4.69, 9.17) is 11.5 Å². The third-order valence-electron chi connectivity index (χ3n) is 11.1. The predicted molar refractivity (Wildman–Crippen MR) is 240 cm³/mol. The standard InChI is InChI=1S/C45H65N9O11/c1-5-26(4)38(45(64)65)54-41(60)33(18-19-36(56)57)50-40(59)32(17-11-12-20-46)49-42(61)35(22-28-23-48-31-16-10-9-15-29(28)31)52-44(63)37(25(2)3)53-43(62)34(51-39(58)30(47)24-55)21-27-13-7-6-8-14-27/h6-10,13-16,23,25-26,30,32-35,37-38,48,55H,5,11-12,17-22,24,46-47H2,1-4H3,(H,49,61)(H,50,59)(H,51,58)(H,52,63)(H,53,62)(H,54,60)(H,56,57)(H,64,65)/t26-,30-,32-,33-,34-,35-,37-,38-/m0/s1. The summed E-state index contributed by atoms with van der Waals surface area (Å²) >= 11 is 0. The molecule has 0 saturated heterocycles. The van der Waals surface area contributed by atoms with E-state index in [2.05, 4.69) is 36.9 Å². The number of nitrogens with two attached hydrogens (primary N) is 2. The highest BCUT2D eigenvalue weighted by atomic mass is 16.4. The Morgan fingerprint density at radius 2 is 1.18 bits per heavy atom. The van der Waals surface area contributed by atoms with Crippen LogP contribution in [0.4, 0.5) is 0 Å². The van der Waals surface area contributed by atoms with Crippen molar-refractivity contribution in [3.8, 4) is 0 Å². The summed E-state index contributed by atoms with van der Waals surface area (Å²) in [5.41, 5.74) is 13.5. The molecular formula is C45H65N9O11. The van der Waals surface area contributed by atoms with Crippen molar-refractivity contribution in [3.63, 3.8) is 0 Å². The Morgan fingerprint density at radius 3 is 1.78 bits per heavy atom. The van der Waals surface area contributed by atoms with Gasteiger partial charge in [0.25, 0.3) is 0 Å². The van der Waals surface area contributed by atoms with Crippen molar-refractivity contribution in [1.29, 1.82) is 0 Å². The Bertz CT molecular complexity index is 2080. The topological polar surface area (TPSA) is 337 Å². The number of aromatic amines is 1. The molecule has 20 nitrogen and oxygen atoms in total. The largest absolute Gasteiger partial charge is 0.481 e. The van der Waals surface area contributed by atoms with Gasteiger partial charge in [0.2, 0.25) is 35.4 Å². The molecule has 14 N–H and O–H groups in total. The Hall–Kier alpha value is -6.38. The number of carbonyl (C=O) groups excluding carboxylic acids is 6. The number of rotatable bonds is 28. The first-order valence-corrected chi connectivity index (χ1v) is 21.8. The normalized spacial score (nSPS) is 15.0. The van der Waals surface area contributed by atoms with E-state index in [0.717, 1.165) is 10.9 Å². The van der Waals surface area contributed by atoms with Crippen LogP contribution in [-0.4, -0.2) is 123 Å². The van der Waals surface area contributed by atoms with Gasteiger partial charge in [-0.1, -0.05) is 82.6 Å². The molecule has 0 spiro atoms. The molecule has 65 heavy (non-hydrogen) atoms. The third kappa shape index (κ3) is 16.6. The number of aliphatic carboxylic acids is 2. The van der Waals surface area contributed by atoms with Gasteiger partial charge in [-0.05, 0) is 61.3 Å². The van der Waals surface area contributed by atoms with Crippen molar-refractivity contribution in [2.24, 2.45) is 23.3 Å². The molecule has 1 heterocycles. The maximum atomic E-state index is 14.5. The van der Waals surface area contributed by atoms with Crippen LogP contribution in [0, 0.1) is 11.8 Å². The number of carboxylic acids is 2. The summed E-state index contributed by atoms with van der Waals surface area (Å²) in [5.74, 6) is -8.55. The van der Waals surface area contributed by atoms with Crippen LogP contribution in [0.5, 0.6) is 0 Å². The first-order valence-electron chi connectivity index (χ1n) is 21.8. The summed E-state index contributed by atoms with van der Waals surface area (Å²) in [6.07, 6.45) is 1.83. The second-order valence-electron chi connectivity index (χ2n) is 16.4. The minimum Gasteiger partial charge on any atom is -0.481 e. The van der Waals surface area contributed by atoms with Crippen molar-refractivity contribution in [2.75, 3.05) is 13.2 Å². The van der Waals surface area contributed by atoms with Gasteiger partial charge in [-0.2, -0.15) is 0 Å². The predicted octanol–water partition coefficient (Wildman–Crippen LogP) is -0.0380. The van der Waals surface area contributed by atoms with Crippen molar-refractivity contribution >= 4 is 58.3 Å². The molecule has 0 radical (unpaired) electrons. The quantitative estimate of drug-likeness (QED) is 0.0427. The van der Waals surface area contributed by atoms with Gasteiger partial charge < -0.3 is 63.7 Å². The van der Waals surface area contributed by atoms with Crippen LogP contribution in [0.15, 0.2) is 60.8 Å². The molecule has 0 fully saturated rings. The molecule has 1 aromatic heterocycles. The lowest BCUT2D eigenvalue weighted by atomic mass is 9.98. The number of aliphatic hydroxyl groups excluding tert-OH is 1. The van der Waals surface area contributed by atoms with Gasteiger partial charge in [-0.25, -0.2) is 4.79 Å². The number of H-pyrrole nitrogens is 1. The second kappa shape index (κ2) is 26.4. The van der Waals surface area contributed by atoms with Crippen molar-refractivity contribution in [2.45, 2.75) is 121 Å². The Kier molecular flexibility index (Phi) is 21.5. The van der Waals surface area contributed by atoms with Gasteiger partial charge >= 0.3 is 11.9 Å². The van der Waals surface area contributed by atoms with E-state index in [0.29, 0.717) is 30.4 Å². The molecular weight excluding hydrogens is 843 g/mol. The van der Waals surface area contributed by atoms with E-state index in [-0.39, 0.29) is 25.8 Å². The zero-order chi connectivity index (χ0) is 48.2. The Morgan fingerprint density at radius 1 is 0.646 bits per heavy atom. The van der Waals surface area contributed by atoms with Crippen molar-refractivity contribution < 1.29 is 53.7 Å². The van der Waals surface area contributed by atoms with Gasteiger partial charge in [0.15, 0.2) is 0 Å². The average Bonchev–Trinajstić information content (AvgIpc) is 3.69. The molecule has 8 atom stereocenters. The lowest BCUT2D eigenvalue weighted by Gasteiger charge is -2.29. The van der Waals surface area contributed by atoms with Crippen molar-refractivity contribution in [3.05, 3.63) is 71.9 Å². The molecule has 2 aromatic carbocycles. The maximum absolute atomic E-state index is 14.5. The van der Waals surface area contributed by atoms with E-state index in [1.54, 1.807) is 70.3 Å². The van der Waals surface area contributed by atoms with E-state index in [1.165, 1.54) is 0 Å². The highest BCUT2D eigenvalue weighted by molar-refractivity contribution is 5.98. The lowest BCUT2D eigenvalue weighted by molar-refractivity contribution is -0.144. The molecule has 0 saturated carbocycles. The number of carbonyl (C=O) groups is 8. The number of fused-ring (bicyclic) bond motifs is 1. The second-order valence-corrected chi connectivity index (χ2v) is 16.4. The molecule has 0 bridgehead atoms. The number of hydrogen-bond acceptors (Lipinski definition) is 11. The highest BCUT2D eigenvalue weighted by Gasteiger charge is 2.35. The minimum absolute atomic E-state index is 0.0129. The van der Waals surface area contributed by atoms with Gasteiger partial charge in [-0.15, -0.1) is 0 Å². The maximum Gasteiger partial charge on any atom is 0.326 e. The van der Waals surface area contributed by atoms with Crippen molar-refractivity contribution in [1.82, 2.24) is 36.9 Å². The number of benzene rings is 2. The Labute approximate surface area is 377 Å². The molecule has 0 aliphatic carbocycles. The SMILES string of the molecule is CC[C@H](C)[C@H](NC(=O)[C@H](CCC(=O)O)NC(=O)[C@H](CCCCN)NC(=O)[C@H](Cc1c[nH]c2ccccc12)NC(=O)[C@@H](NC(=O)[C@H](Cc1ccccc1)NC(=O)[C@@H](N)CO)C(C)C)C(=O)O. The van der Waals surface area contributed by atoms with Gasteiger partial charge in [0.05, 0.1) is 6.61 Å². The molecule has 0 unspecified atom stereocenters. The van der Waals surface area contributed by atoms with Gasteiger partial charge in [0.1, 0.15) is 42.3 Å². The van der Waals surface area contributed by atoms with Gasteiger partial charge in [-0.3, -0.25) is 33.6 Å². The monoisotopic (exact) mass is 907 g/mol. The van der Waals surface area contributed by atoms with E-state index >= 15 is 0 Å². The number of hydrogen-bond donors (Lipinski definition) is 12. The number of carboxylic acid groups (broad SMARTS) is 2. The summed E-state index contributed by atoms with van der Waals surface area (Å²) < 4.78 is 0. The average molecular weight is 908 g/mol. The lowest BCUT2D eigenvalue weighted by Crippen LogP contribution is -2.61. The fraction of sp³-hybridized carbons (Fsp3) is 0.511. The van der Waals surface area contributed by atoms with Crippen LogP contribution in [0.3, 0.4) is 0 Å². The smallest absolute Gasteiger partial charge is 0.326 e. The molecule has 6 amide bonds. The molecule has 356 valence electrons. The Balaban J connectivity index is 1.97.